The van der Waals surface area contributed by atoms with Crippen molar-refractivity contribution in [3.63, 3.8) is 0 Å². The maximum absolute atomic E-state index is 12.1. The summed E-state index contributed by atoms with van der Waals surface area (Å²) >= 11 is 0. The van der Waals surface area contributed by atoms with Crippen LogP contribution in [0.1, 0.15) is 77.6 Å². The Labute approximate surface area is 111 Å². The number of unbranched alkanes of at least 4 members (excludes halogenated alkanes) is 5. The van der Waals surface area contributed by atoms with Crippen LogP contribution in [0.25, 0.3) is 0 Å². The molecule has 0 bridgehead atoms. The first kappa shape index (κ1) is 15.7. The van der Waals surface area contributed by atoms with E-state index >= 15 is 0 Å². The van der Waals surface area contributed by atoms with Crippen LogP contribution in [0.2, 0.25) is 0 Å². The van der Waals surface area contributed by atoms with Gasteiger partial charge in [-0.2, -0.15) is 8.78 Å². The highest BCUT2D eigenvalue weighted by molar-refractivity contribution is 4.90. The molecule has 0 aliphatic heterocycles. The Kier molecular flexibility index (Phi) is 8.28. The van der Waals surface area contributed by atoms with Crippen LogP contribution < -0.4 is 0 Å². The van der Waals surface area contributed by atoms with Crippen LogP contribution in [-0.2, 0) is 0 Å². The number of hydrogen-bond acceptors (Lipinski definition) is 0. The second-order valence-electron chi connectivity index (χ2n) is 5.79. The highest BCUT2D eigenvalue weighted by Crippen LogP contribution is 2.33. The van der Waals surface area contributed by atoms with Crippen LogP contribution in [-0.4, -0.2) is 0 Å². The average Bonchev–Trinajstić information content (AvgIpc) is 2.35. The van der Waals surface area contributed by atoms with Gasteiger partial charge >= 0.3 is 0 Å². The molecule has 1 aliphatic carbocycles. The van der Waals surface area contributed by atoms with Gasteiger partial charge in [0.2, 0.25) is 0 Å². The molecule has 0 atom stereocenters. The van der Waals surface area contributed by atoms with Gasteiger partial charge in [-0.1, -0.05) is 51.9 Å². The van der Waals surface area contributed by atoms with Crippen molar-refractivity contribution in [2.45, 2.75) is 77.6 Å². The molecule has 0 spiro atoms. The highest BCUT2D eigenvalue weighted by atomic mass is 19.3. The quantitative estimate of drug-likeness (QED) is 0.447. The topological polar surface area (TPSA) is 0 Å². The minimum atomic E-state index is -1.49. The summed E-state index contributed by atoms with van der Waals surface area (Å²) in [6, 6.07) is 0. The third-order valence-corrected chi connectivity index (χ3v) is 4.22. The van der Waals surface area contributed by atoms with Crippen molar-refractivity contribution in [1.82, 2.24) is 0 Å². The molecule has 0 unspecified atom stereocenters. The molecule has 1 saturated carbocycles. The SMILES string of the molecule is CCCCCCCCC1CCC(C=C(F)F)CC1. The van der Waals surface area contributed by atoms with Crippen LogP contribution in [0.15, 0.2) is 12.2 Å². The van der Waals surface area contributed by atoms with Crippen molar-refractivity contribution in [3.8, 4) is 0 Å². The Morgan fingerprint density at radius 1 is 0.944 bits per heavy atom. The first-order valence-corrected chi connectivity index (χ1v) is 7.75. The van der Waals surface area contributed by atoms with Crippen LogP contribution in [0.5, 0.6) is 0 Å². The highest BCUT2D eigenvalue weighted by Gasteiger charge is 2.19. The molecule has 106 valence electrons. The smallest absolute Gasteiger partial charge is 0.174 e. The second kappa shape index (κ2) is 9.52. The zero-order valence-corrected chi connectivity index (χ0v) is 11.8. The van der Waals surface area contributed by atoms with Gasteiger partial charge < -0.3 is 0 Å². The Bertz CT molecular complexity index is 223. The van der Waals surface area contributed by atoms with Crippen molar-refractivity contribution in [1.29, 1.82) is 0 Å². The molecule has 0 saturated heterocycles. The molecular weight excluding hydrogens is 230 g/mol. The van der Waals surface area contributed by atoms with Gasteiger partial charge in [-0.25, -0.2) is 0 Å². The first-order valence-electron chi connectivity index (χ1n) is 7.75. The first-order chi connectivity index (χ1) is 8.72. The zero-order valence-electron chi connectivity index (χ0n) is 11.8. The van der Waals surface area contributed by atoms with E-state index in [-0.39, 0.29) is 5.92 Å². The third-order valence-electron chi connectivity index (χ3n) is 4.22. The maximum Gasteiger partial charge on any atom is 0.266 e. The lowest BCUT2D eigenvalue weighted by Gasteiger charge is -2.26. The fourth-order valence-electron chi connectivity index (χ4n) is 3.04. The van der Waals surface area contributed by atoms with E-state index in [1.807, 2.05) is 0 Å². The Balaban J connectivity index is 2.00. The standard InChI is InChI=1S/C16H28F2/c1-2-3-4-5-6-7-8-14-9-11-15(12-10-14)13-16(17)18/h13-15H,2-12H2,1H3. The minimum Gasteiger partial charge on any atom is -0.174 e. The number of rotatable bonds is 8. The molecule has 0 radical (unpaired) electrons. The largest absolute Gasteiger partial charge is 0.266 e. The molecule has 0 aromatic rings. The summed E-state index contributed by atoms with van der Waals surface area (Å²) in [6.07, 6.45) is 13.4. The fourth-order valence-corrected chi connectivity index (χ4v) is 3.04. The predicted molar refractivity (Wildman–Crippen MR) is 73.7 cm³/mol. The van der Waals surface area contributed by atoms with Gasteiger partial charge in [-0.3, -0.25) is 0 Å². The molecule has 2 heteroatoms. The lowest BCUT2D eigenvalue weighted by atomic mass is 9.80. The molecule has 0 N–H and O–H groups in total. The number of hydrogen-bond donors (Lipinski definition) is 0. The molecule has 1 aliphatic rings. The molecule has 18 heavy (non-hydrogen) atoms. The van der Waals surface area contributed by atoms with Crippen molar-refractivity contribution in [2.24, 2.45) is 11.8 Å². The summed E-state index contributed by atoms with van der Waals surface area (Å²) in [6.45, 7) is 2.24. The molecule has 1 rings (SSSR count). The van der Waals surface area contributed by atoms with Gasteiger partial charge in [-0.15, -0.1) is 0 Å². The predicted octanol–water partition coefficient (Wildman–Crippen LogP) is 6.32. The monoisotopic (exact) mass is 258 g/mol. The van der Waals surface area contributed by atoms with Crippen LogP contribution in [0, 0.1) is 11.8 Å². The lowest BCUT2D eigenvalue weighted by Crippen LogP contribution is -2.13. The van der Waals surface area contributed by atoms with E-state index in [4.69, 9.17) is 0 Å². The van der Waals surface area contributed by atoms with E-state index in [0.29, 0.717) is 0 Å². The van der Waals surface area contributed by atoms with Gasteiger partial charge in [0.1, 0.15) is 0 Å². The number of halogens is 2. The third kappa shape index (κ3) is 7.13. The summed E-state index contributed by atoms with van der Waals surface area (Å²) in [4.78, 5) is 0. The van der Waals surface area contributed by atoms with Gasteiger partial charge in [0, 0.05) is 0 Å². The summed E-state index contributed by atoms with van der Waals surface area (Å²) in [5.41, 5.74) is 0. The van der Waals surface area contributed by atoms with Crippen LogP contribution >= 0.6 is 0 Å². The zero-order chi connectivity index (χ0) is 13.2. The lowest BCUT2D eigenvalue weighted by molar-refractivity contribution is 0.281. The Morgan fingerprint density at radius 2 is 1.56 bits per heavy atom. The summed E-state index contributed by atoms with van der Waals surface area (Å²) in [5, 5.41) is 0. The average molecular weight is 258 g/mol. The Morgan fingerprint density at radius 3 is 2.17 bits per heavy atom. The molecule has 0 nitrogen and oxygen atoms in total. The van der Waals surface area contributed by atoms with Crippen molar-refractivity contribution in [2.75, 3.05) is 0 Å². The van der Waals surface area contributed by atoms with E-state index in [9.17, 15) is 8.78 Å². The van der Waals surface area contributed by atoms with E-state index in [1.54, 1.807) is 0 Å². The molecule has 0 heterocycles. The van der Waals surface area contributed by atoms with E-state index in [2.05, 4.69) is 6.92 Å². The van der Waals surface area contributed by atoms with Gasteiger partial charge in [0.05, 0.1) is 0 Å². The normalized spacial score (nSPS) is 23.9. The second-order valence-corrected chi connectivity index (χ2v) is 5.79. The molecule has 0 aromatic carbocycles. The van der Waals surface area contributed by atoms with Crippen molar-refractivity contribution < 1.29 is 8.78 Å². The van der Waals surface area contributed by atoms with E-state index in [1.165, 1.54) is 51.0 Å². The van der Waals surface area contributed by atoms with Gasteiger partial charge in [0.15, 0.2) is 0 Å². The van der Waals surface area contributed by atoms with Crippen LogP contribution in [0.4, 0.5) is 8.78 Å². The van der Waals surface area contributed by atoms with Crippen molar-refractivity contribution in [3.05, 3.63) is 12.2 Å². The van der Waals surface area contributed by atoms with Gasteiger partial charge in [0.25, 0.3) is 6.08 Å². The number of allylic oxidation sites excluding steroid dienone is 1. The van der Waals surface area contributed by atoms with Gasteiger partial charge in [-0.05, 0) is 43.6 Å². The summed E-state index contributed by atoms with van der Waals surface area (Å²) in [7, 11) is 0. The minimum absolute atomic E-state index is 0.149. The maximum atomic E-state index is 12.1. The molecule has 0 amide bonds. The molecule has 1 fully saturated rings. The molecule has 0 aromatic heterocycles. The Hall–Kier alpha value is -0.400. The van der Waals surface area contributed by atoms with E-state index in [0.717, 1.165) is 31.6 Å². The van der Waals surface area contributed by atoms with E-state index < -0.39 is 6.08 Å². The molecular formula is C16H28F2. The summed E-state index contributed by atoms with van der Waals surface area (Å²) in [5.74, 6) is 0.958. The summed E-state index contributed by atoms with van der Waals surface area (Å²) < 4.78 is 24.3. The van der Waals surface area contributed by atoms with Crippen LogP contribution in [0.3, 0.4) is 0 Å². The fraction of sp³-hybridized carbons (Fsp3) is 0.875. The van der Waals surface area contributed by atoms with Crippen molar-refractivity contribution >= 4 is 0 Å².